The molecule has 0 aliphatic heterocycles. The predicted molar refractivity (Wildman–Crippen MR) is 282 cm³/mol. The number of furan rings is 1. The van der Waals surface area contributed by atoms with Crippen LogP contribution in [-0.2, 0) is 20.1 Å². The number of aromatic nitrogens is 4. The molecular formula is C61H51FGeIrN4O-2. The summed E-state index contributed by atoms with van der Waals surface area (Å²) in [6, 6.07) is 57.0. The van der Waals surface area contributed by atoms with Crippen LogP contribution in [0.25, 0.3) is 94.8 Å². The molecule has 1 radical (unpaired) electrons. The van der Waals surface area contributed by atoms with Crippen LogP contribution in [0.3, 0.4) is 0 Å². The first-order valence-electron chi connectivity index (χ1n) is 25.9. The van der Waals surface area contributed by atoms with E-state index in [0.717, 1.165) is 61.1 Å². The molecule has 0 spiro atoms. The van der Waals surface area contributed by atoms with Gasteiger partial charge in [0.05, 0.1) is 34.3 Å². The maximum Gasteiger partial charge on any atom is 0.148 e. The molecule has 69 heavy (non-hydrogen) atoms. The Balaban J connectivity index is 0.000000239. The number of hydrogen-bond acceptors (Lipinski definition) is 4. The quantitative estimate of drug-likeness (QED) is 0.112. The SMILES string of the molecule is [2H]C([2H])([2H])c1c[c-]c(-c2cc(C([2H])(C)C)[c]([Ge]([CH3])([CH3])[CH3])cn2)cc1.[2H]C([2H])([2H])c1ccc(-c2cc3c(cn2)oc2c(-c4nc5cccc(F)c5n4-c4cc(-c5ccccc5)ccc4-c4ccccc4)[c-]ccc23)cc1.[Ir]. The van der Waals surface area contributed by atoms with Crippen molar-refractivity contribution in [3.05, 3.63) is 211 Å². The minimum atomic E-state index is -2.19. The molecule has 4 heterocycles. The van der Waals surface area contributed by atoms with Gasteiger partial charge in [0.2, 0.25) is 0 Å². The average molecular weight is 1150 g/mol. The smallest absolute Gasteiger partial charge is 0.148 e. The minimum Gasteiger partial charge on any atom is -0.499 e. The molecule has 11 aromatic rings. The van der Waals surface area contributed by atoms with Gasteiger partial charge in [0, 0.05) is 46.4 Å². The Morgan fingerprint density at radius 3 is 2.09 bits per heavy atom. The maximum atomic E-state index is 16.1. The Morgan fingerprint density at radius 2 is 1.39 bits per heavy atom. The van der Waals surface area contributed by atoms with Gasteiger partial charge in [-0.25, -0.2) is 4.39 Å². The van der Waals surface area contributed by atoms with E-state index in [1.807, 2.05) is 103 Å². The second kappa shape index (κ2) is 19.7. The average Bonchev–Trinajstić information content (AvgIpc) is 3.98. The van der Waals surface area contributed by atoms with E-state index in [1.54, 1.807) is 48.7 Å². The number of pyridine rings is 2. The molecule has 11 rings (SSSR count). The Bertz CT molecular complexity index is 3890. The van der Waals surface area contributed by atoms with Crippen molar-refractivity contribution in [1.29, 1.82) is 0 Å². The summed E-state index contributed by atoms with van der Waals surface area (Å²) in [6.45, 7) is -0.524. The molecule has 0 bridgehead atoms. The molecule has 0 amide bonds. The predicted octanol–water partition coefficient (Wildman–Crippen LogP) is 15.8. The topological polar surface area (TPSA) is 56.7 Å². The zero-order valence-electron chi connectivity index (χ0n) is 45.7. The van der Waals surface area contributed by atoms with Gasteiger partial charge < -0.3 is 8.98 Å². The first-order valence-corrected chi connectivity index (χ1v) is 29.8. The number of benzene rings is 7. The third-order valence-electron chi connectivity index (χ3n) is 12.1. The summed E-state index contributed by atoms with van der Waals surface area (Å²) in [5, 5.41) is 1.65. The Morgan fingerprint density at radius 1 is 0.681 bits per heavy atom. The summed E-state index contributed by atoms with van der Waals surface area (Å²) in [4.78, 5) is 14.3. The van der Waals surface area contributed by atoms with Crippen molar-refractivity contribution in [3.63, 3.8) is 0 Å². The molecule has 0 fully saturated rings. The second-order valence-electron chi connectivity index (χ2n) is 18.0. The van der Waals surface area contributed by atoms with E-state index in [4.69, 9.17) is 19.0 Å². The van der Waals surface area contributed by atoms with Crippen molar-refractivity contribution in [1.82, 2.24) is 19.5 Å². The zero-order valence-corrected chi connectivity index (χ0v) is 43.1. The summed E-state index contributed by atoms with van der Waals surface area (Å²) < 4.78 is 79.6. The first-order chi connectivity index (χ1) is 35.6. The van der Waals surface area contributed by atoms with Crippen molar-refractivity contribution in [2.45, 2.75) is 50.7 Å². The van der Waals surface area contributed by atoms with Crippen molar-refractivity contribution >= 4 is 50.6 Å². The van der Waals surface area contributed by atoms with Crippen LogP contribution < -0.4 is 4.40 Å². The van der Waals surface area contributed by atoms with Crippen LogP contribution in [0.5, 0.6) is 0 Å². The molecule has 0 aliphatic carbocycles. The van der Waals surface area contributed by atoms with Gasteiger partial charge in [-0.3, -0.25) is 9.97 Å². The normalized spacial score (nSPS) is 13.5. The fourth-order valence-electron chi connectivity index (χ4n) is 8.69. The van der Waals surface area contributed by atoms with Gasteiger partial charge in [0.1, 0.15) is 11.4 Å². The molecule has 0 saturated carbocycles. The van der Waals surface area contributed by atoms with Crippen LogP contribution in [0.15, 0.2) is 181 Å². The molecule has 0 atom stereocenters. The first kappa shape index (κ1) is 39.1. The van der Waals surface area contributed by atoms with Gasteiger partial charge in [-0.05, 0) is 47.8 Å². The molecule has 4 aromatic heterocycles. The van der Waals surface area contributed by atoms with E-state index in [2.05, 4.69) is 69.7 Å². The number of aryl methyl sites for hydroxylation is 2. The Kier molecular flexibility index (Phi) is 11.2. The number of rotatable bonds is 8. The minimum absolute atomic E-state index is 0. The van der Waals surface area contributed by atoms with E-state index in [9.17, 15) is 0 Å². The molecular weight excluding hydrogens is 1090 g/mol. The molecule has 0 unspecified atom stereocenters. The van der Waals surface area contributed by atoms with Crippen molar-refractivity contribution in [2.24, 2.45) is 0 Å². The van der Waals surface area contributed by atoms with E-state index < -0.39 is 38.7 Å². The number of nitrogens with zero attached hydrogens (tertiary/aromatic N) is 4. The fourth-order valence-corrected chi connectivity index (χ4v) is 12.0. The summed E-state index contributed by atoms with van der Waals surface area (Å²) >= 11 is -2.14. The maximum absolute atomic E-state index is 16.1. The number of fused-ring (bicyclic) bond motifs is 4. The van der Waals surface area contributed by atoms with Crippen LogP contribution in [0.2, 0.25) is 17.3 Å². The van der Waals surface area contributed by atoms with Gasteiger partial charge in [-0.1, -0.05) is 120 Å². The molecule has 8 heteroatoms. The molecule has 0 saturated heterocycles. The van der Waals surface area contributed by atoms with Gasteiger partial charge in [-0.2, -0.15) is 0 Å². The summed E-state index contributed by atoms with van der Waals surface area (Å²) in [6.07, 6.45) is 3.58. The third-order valence-corrected chi connectivity index (χ3v) is 16.3. The van der Waals surface area contributed by atoms with Crippen LogP contribution >= 0.6 is 0 Å². The summed E-state index contributed by atoms with van der Waals surface area (Å²) in [7, 11) is 0. The number of para-hydroxylation sites is 1. The largest absolute Gasteiger partial charge is 0.499 e. The molecule has 0 N–H and O–H groups in total. The van der Waals surface area contributed by atoms with E-state index in [0.29, 0.717) is 39.3 Å². The monoisotopic (exact) mass is 1150 g/mol. The molecule has 5 nitrogen and oxygen atoms in total. The Hall–Kier alpha value is -6.77. The van der Waals surface area contributed by atoms with Crippen LogP contribution in [0.4, 0.5) is 4.39 Å². The van der Waals surface area contributed by atoms with Gasteiger partial charge in [-0.15, -0.1) is 18.2 Å². The summed E-state index contributed by atoms with van der Waals surface area (Å²) in [5.74, 6) is 6.26. The molecule has 0 aliphatic rings. The van der Waals surface area contributed by atoms with Crippen LogP contribution in [0, 0.1) is 31.7 Å². The summed E-state index contributed by atoms with van der Waals surface area (Å²) in [5.41, 5.74) is 11.7. The molecule has 343 valence electrons. The number of imidazole rings is 1. The van der Waals surface area contributed by atoms with E-state index >= 15 is 4.39 Å². The van der Waals surface area contributed by atoms with Crippen molar-refractivity contribution in [3.8, 4) is 61.8 Å². The van der Waals surface area contributed by atoms with Crippen LogP contribution in [0.1, 0.15) is 46.0 Å². The standard InChI is InChI=1S/C43H27FN3O.C18H24GeN.Ir/c1-27-18-20-30(21-19-27)38-25-35-33-14-8-15-34(42(33)48-40(35)26-45-38)43-46-37-17-9-16-36(44)41(37)47(43)39-24-31(28-10-4-2-5-11-28)22-23-32(39)29-12-6-3-7-13-29;1-13(2)16-11-18(15-9-7-14(3)8-10-15)20-12-17(16)19(4,5)6;/h2-14,16-26H,1H3;7-9,11-13H,1-6H3;/q2*-1;/i1D3;3D3,13D;. The fraction of sp³-hybridized carbons (Fsp3) is 0.131. The Labute approximate surface area is 429 Å². The van der Waals surface area contributed by atoms with Gasteiger partial charge in [0.25, 0.3) is 0 Å². The van der Waals surface area contributed by atoms with E-state index in [1.165, 1.54) is 16.5 Å². The number of halogens is 1. The molecule has 7 aromatic carbocycles. The van der Waals surface area contributed by atoms with E-state index in [-0.39, 0.29) is 31.2 Å². The van der Waals surface area contributed by atoms with Gasteiger partial charge >= 0.3 is 131 Å². The third kappa shape index (κ3) is 9.52. The number of hydrogen-bond donors (Lipinski definition) is 0. The zero-order chi connectivity index (χ0) is 53.0. The second-order valence-corrected chi connectivity index (χ2v) is 28.6. The van der Waals surface area contributed by atoms with Crippen LogP contribution in [-0.4, -0.2) is 32.8 Å². The van der Waals surface area contributed by atoms with Gasteiger partial charge in [0.15, 0.2) is 0 Å². The van der Waals surface area contributed by atoms with Crippen molar-refractivity contribution < 1.29 is 38.5 Å². The van der Waals surface area contributed by atoms with Crippen molar-refractivity contribution in [2.75, 3.05) is 0 Å².